The third-order valence-corrected chi connectivity index (χ3v) is 2.95. The van der Waals surface area contributed by atoms with Crippen LogP contribution in [0.5, 0.6) is 0 Å². The molecule has 0 aromatic heterocycles. The quantitative estimate of drug-likeness (QED) is 0.357. The number of carbonyl (C=O) groups excluding carboxylic acids is 2. The highest BCUT2D eigenvalue weighted by Gasteiger charge is 2.27. The minimum Gasteiger partial charge on any atom is -0.459 e. The summed E-state index contributed by atoms with van der Waals surface area (Å²) in [6, 6.07) is 8.83. The Morgan fingerprint density at radius 3 is 2.75 bits per heavy atom. The summed E-state index contributed by atoms with van der Waals surface area (Å²) in [7, 11) is 0. The molecular weight excluding hydrogens is 256 g/mol. The topological polar surface area (TPSA) is 52.6 Å². The fourth-order valence-corrected chi connectivity index (χ4v) is 2.02. The molecule has 4 heteroatoms. The summed E-state index contributed by atoms with van der Waals surface area (Å²) in [4.78, 5) is 22.9. The van der Waals surface area contributed by atoms with E-state index in [-0.39, 0.29) is 11.8 Å². The van der Waals surface area contributed by atoms with Gasteiger partial charge in [0, 0.05) is 19.1 Å². The normalized spacial score (nSPS) is 21.4. The molecule has 1 aromatic rings. The molecule has 1 aliphatic heterocycles. The van der Waals surface area contributed by atoms with E-state index < -0.39 is 12.2 Å². The van der Waals surface area contributed by atoms with Crippen molar-refractivity contribution in [2.24, 2.45) is 0 Å². The lowest BCUT2D eigenvalue weighted by Crippen LogP contribution is -2.36. The number of esters is 1. The maximum atomic E-state index is 11.9. The van der Waals surface area contributed by atoms with Crippen LogP contribution in [0.1, 0.15) is 30.1 Å². The lowest BCUT2D eigenvalue weighted by molar-refractivity contribution is -0.156. The maximum Gasteiger partial charge on any atom is 0.303 e. The molecular formula is C16H16O4. The van der Waals surface area contributed by atoms with E-state index in [1.807, 2.05) is 6.07 Å². The molecule has 4 nitrogen and oxygen atoms in total. The van der Waals surface area contributed by atoms with Gasteiger partial charge in [-0.05, 0) is 18.8 Å². The van der Waals surface area contributed by atoms with Crippen LogP contribution in [0, 0.1) is 11.8 Å². The molecule has 1 saturated heterocycles. The molecule has 1 aromatic carbocycles. The highest BCUT2D eigenvalue weighted by atomic mass is 16.6. The summed E-state index contributed by atoms with van der Waals surface area (Å²) < 4.78 is 10.6. The van der Waals surface area contributed by atoms with Crippen LogP contribution < -0.4 is 0 Å². The fourth-order valence-electron chi connectivity index (χ4n) is 2.02. The number of rotatable bonds is 2. The number of carbonyl (C=O) groups is 2. The van der Waals surface area contributed by atoms with E-state index >= 15 is 0 Å². The first-order valence-corrected chi connectivity index (χ1v) is 6.56. The van der Waals surface area contributed by atoms with Crippen LogP contribution in [0.25, 0.3) is 0 Å². The van der Waals surface area contributed by atoms with Crippen molar-refractivity contribution in [3.63, 3.8) is 0 Å². The Morgan fingerprint density at radius 1 is 1.30 bits per heavy atom. The minimum absolute atomic E-state index is 0.263. The average molecular weight is 272 g/mol. The largest absolute Gasteiger partial charge is 0.459 e. The molecule has 0 unspecified atom stereocenters. The predicted molar refractivity (Wildman–Crippen MR) is 73.1 cm³/mol. The van der Waals surface area contributed by atoms with Gasteiger partial charge in [-0.1, -0.05) is 36.3 Å². The maximum absolute atomic E-state index is 11.9. The molecule has 0 saturated carbocycles. The van der Waals surface area contributed by atoms with Gasteiger partial charge in [-0.3, -0.25) is 9.59 Å². The van der Waals surface area contributed by atoms with E-state index in [0.29, 0.717) is 18.6 Å². The van der Waals surface area contributed by atoms with Crippen molar-refractivity contribution in [2.45, 2.75) is 32.0 Å². The molecule has 2 atom stereocenters. The molecule has 0 spiro atoms. The standard InChI is InChI=1S/C16H16O4/c1-12(17)20-16-8-5-11-19-15(16)10-9-14(18)13-6-3-2-4-7-13/h2-4,6-7,15-16H,5,8,11H2,1H3/t15-,16+/m0/s1. The van der Waals surface area contributed by atoms with E-state index in [4.69, 9.17) is 9.47 Å². The van der Waals surface area contributed by atoms with E-state index in [1.165, 1.54) is 6.92 Å². The fraction of sp³-hybridized carbons (Fsp3) is 0.375. The van der Waals surface area contributed by atoms with E-state index in [2.05, 4.69) is 11.8 Å². The lowest BCUT2D eigenvalue weighted by Gasteiger charge is -2.27. The summed E-state index contributed by atoms with van der Waals surface area (Å²) in [5.74, 6) is 4.72. The summed E-state index contributed by atoms with van der Waals surface area (Å²) in [6.07, 6.45) is 0.610. The monoisotopic (exact) mass is 272 g/mol. The van der Waals surface area contributed by atoms with E-state index in [1.54, 1.807) is 24.3 Å². The van der Waals surface area contributed by atoms with Gasteiger partial charge in [0.1, 0.15) is 6.10 Å². The van der Waals surface area contributed by atoms with Gasteiger partial charge in [0.2, 0.25) is 5.78 Å². The van der Waals surface area contributed by atoms with Crippen molar-refractivity contribution in [1.29, 1.82) is 0 Å². The molecule has 0 aliphatic carbocycles. The van der Waals surface area contributed by atoms with Crippen LogP contribution in [0.4, 0.5) is 0 Å². The average Bonchev–Trinajstić information content (AvgIpc) is 2.46. The molecule has 104 valence electrons. The van der Waals surface area contributed by atoms with Gasteiger partial charge in [0.15, 0.2) is 6.10 Å². The van der Waals surface area contributed by atoms with Crippen LogP contribution in [0.2, 0.25) is 0 Å². The molecule has 0 amide bonds. The van der Waals surface area contributed by atoms with E-state index in [9.17, 15) is 9.59 Å². The number of Topliss-reactive ketones (excluding diaryl/α,β-unsaturated/α-hetero) is 1. The second kappa shape index (κ2) is 6.88. The summed E-state index contributed by atoms with van der Waals surface area (Å²) >= 11 is 0. The summed E-state index contributed by atoms with van der Waals surface area (Å²) in [5.41, 5.74) is 0.542. The molecule has 0 N–H and O–H groups in total. The van der Waals surface area contributed by atoms with Crippen molar-refractivity contribution in [3.05, 3.63) is 35.9 Å². The second-order valence-electron chi connectivity index (χ2n) is 4.55. The molecule has 1 heterocycles. The Morgan fingerprint density at radius 2 is 2.05 bits per heavy atom. The molecule has 1 fully saturated rings. The highest BCUT2D eigenvalue weighted by Crippen LogP contribution is 2.17. The predicted octanol–water partition coefficient (Wildman–Crippen LogP) is 1.98. The molecule has 0 bridgehead atoms. The van der Waals surface area contributed by atoms with Gasteiger partial charge in [0.05, 0.1) is 0 Å². The second-order valence-corrected chi connectivity index (χ2v) is 4.55. The lowest BCUT2D eigenvalue weighted by atomic mass is 10.0. The first-order chi connectivity index (χ1) is 9.66. The molecule has 1 aliphatic rings. The van der Waals surface area contributed by atoms with Crippen molar-refractivity contribution in [2.75, 3.05) is 6.61 Å². The van der Waals surface area contributed by atoms with Crippen molar-refractivity contribution < 1.29 is 19.1 Å². The van der Waals surface area contributed by atoms with E-state index in [0.717, 1.165) is 6.42 Å². The zero-order valence-corrected chi connectivity index (χ0v) is 11.3. The smallest absolute Gasteiger partial charge is 0.303 e. The number of ketones is 1. The number of hydrogen-bond donors (Lipinski definition) is 0. The zero-order chi connectivity index (χ0) is 14.4. The van der Waals surface area contributed by atoms with Gasteiger partial charge in [-0.2, -0.15) is 0 Å². The SMILES string of the molecule is CC(=O)O[C@@H]1CCCO[C@H]1C#CC(=O)c1ccccc1. The summed E-state index contributed by atoms with van der Waals surface area (Å²) in [6.45, 7) is 1.92. The van der Waals surface area contributed by atoms with Gasteiger partial charge in [-0.25, -0.2) is 0 Å². The van der Waals surface area contributed by atoms with Crippen LogP contribution in [0.3, 0.4) is 0 Å². The molecule has 20 heavy (non-hydrogen) atoms. The van der Waals surface area contributed by atoms with Crippen LogP contribution in [0.15, 0.2) is 30.3 Å². The third kappa shape index (κ3) is 3.94. The third-order valence-electron chi connectivity index (χ3n) is 2.95. The first-order valence-electron chi connectivity index (χ1n) is 6.56. The zero-order valence-electron chi connectivity index (χ0n) is 11.3. The Balaban J connectivity index is 2.05. The Hall–Kier alpha value is -2.12. The van der Waals surface area contributed by atoms with Crippen molar-refractivity contribution in [1.82, 2.24) is 0 Å². The Bertz CT molecular complexity index is 539. The van der Waals surface area contributed by atoms with Gasteiger partial charge in [-0.15, -0.1) is 0 Å². The van der Waals surface area contributed by atoms with Gasteiger partial charge >= 0.3 is 5.97 Å². The summed E-state index contributed by atoms with van der Waals surface area (Å²) in [5, 5.41) is 0. The van der Waals surface area contributed by atoms with Gasteiger partial charge < -0.3 is 9.47 Å². The highest BCUT2D eigenvalue weighted by molar-refractivity contribution is 6.09. The van der Waals surface area contributed by atoms with Crippen molar-refractivity contribution in [3.8, 4) is 11.8 Å². The minimum atomic E-state index is -0.527. The number of ether oxygens (including phenoxy) is 2. The Kier molecular flexibility index (Phi) is 4.91. The first kappa shape index (κ1) is 14.3. The van der Waals surface area contributed by atoms with Crippen LogP contribution >= 0.6 is 0 Å². The van der Waals surface area contributed by atoms with Gasteiger partial charge in [0.25, 0.3) is 0 Å². The molecule has 0 radical (unpaired) electrons. The number of benzene rings is 1. The van der Waals surface area contributed by atoms with Crippen LogP contribution in [-0.4, -0.2) is 30.6 Å². The number of hydrogen-bond acceptors (Lipinski definition) is 4. The Labute approximate surface area is 118 Å². The molecule has 2 rings (SSSR count). The van der Waals surface area contributed by atoms with Crippen LogP contribution in [-0.2, 0) is 14.3 Å². The van der Waals surface area contributed by atoms with Crippen molar-refractivity contribution >= 4 is 11.8 Å².